The zero-order valence-electron chi connectivity index (χ0n) is 58.8. The predicted molar refractivity (Wildman–Crippen MR) is 347 cm³/mol. The van der Waals surface area contributed by atoms with Crippen molar-refractivity contribution in [3.05, 3.63) is 34.9 Å². The molecule has 10 atom stereocenters. The van der Waals surface area contributed by atoms with Crippen molar-refractivity contribution < 1.29 is 83.5 Å². The molecule has 548 valence electrons. The number of hydrogen-bond donors (Lipinski definition) is 3. The molecule has 11 amide bonds. The molecule has 1 aromatic rings. The summed E-state index contributed by atoms with van der Waals surface area (Å²) < 4.78 is 103. The summed E-state index contributed by atoms with van der Waals surface area (Å²) in [7, 11) is 8.39. The van der Waals surface area contributed by atoms with E-state index in [9.17, 15) is 51.5 Å². The van der Waals surface area contributed by atoms with Gasteiger partial charge in [-0.2, -0.15) is 13.2 Å². The van der Waals surface area contributed by atoms with E-state index >= 15 is 31.9 Å². The lowest BCUT2D eigenvalue weighted by atomic mass is 9.84. The highest BCUT2D eigenvalue weighted by atomic mass is 19.4. The van der Waals surface area contributed by atoms with E-state index in [0.717, 1.165) is 24.2 Å². The summed E-state index contributed by atoms with van der Waals surface area (Å²) in [5, 5.41) is 8.06. The van der Waals surface area contributed by atoms with Crippen molar-refractivity contribution in [2.45, 2.75) is 248 Å². The maximum Gasteiger partial charge on any atom is 0.422 e. The van der Waals surface area contributed by atoms with Crippen molar-refractivity contribution in [2.24, 2.45) is 23.7 Å². The van der Waals surface area contributed by atoms with Gasteiger partial charge < -0.3 is 55.1 Å². The largest absolute Gasteiger partial charge is 0.422 e. The summed E-state index contributed by atoms with van der Waals surface area (Å²) in [6, 6.07) is -11.1. The number of hydrogen-bond acceptors (Lipinski definition) is 11. The Bertz CT molecular complexity index is 3100. The molecule has 3 saturated heterocycles. The van der Waals surface area contributed by atoms with Crippen LogP contribution in [0, 0.1) is 35.3 Å². The van der Waals surface area contributed by atoms with Crippen molar-refractivity contribution in [2.75, 3.05) is 61.9 Å². The molecule has 6 fully saturated rings. The molecule has 0 aromatic heterocycles. The van der Waals surface area contributed by atoms with E-state index in [4.69, 9.17) is 0 Å². The summed E-state index contributed by atoms with van der Waals surface area (Å²) in [5.74, 6) is -17.6. The van der Waals surface area contributed by atoms with Gasteiger partial charge in [-0.25, -0.2) is 17.6 Å². The molecule has 29 heteroatoms. The molecule has 3 aliphatic heterocycles. The quantitative estimate of drug-likeness (QED) is 0.215. The minimum absolute atomic E-state index is 0.0137. The smallest absolute Gasteiger partial charge is 0.343 e. The second-order valence-electron chi connectivity index (χ2n) is 29.2. The molecule has 0 bridgehead atoms. The normalized spacial score (nSPS) is 28.7. The number of carbonyl (C=O) groups is 11. The van der Waals surface area contributed by atoms with Crippen LogP contribution < -0.4 is 16.0 Å². The Balaban J connectivity index is 1.28. The molecule has 3 aliphatic carbocycles. The van der Waals surface area contributed by atoms with Crippen LogP contribution in [0.4, 0.5) is 30.7 Å². The zero-order chi connectivity index (χ0) is 72.8. The molecule has 98 heavy (non-hydrogen) atoms. The number of likely N-dealkylation sites (N-methyl/N-ethyl adjacent to an activating group) is 6. The Morgan fingerprint density at radius 2 is 1.23 bits per heavy atom. The number of alkyl halides is 5. The Morgan fingerprint density at radius 3 is 1.80 bits per heavy atom. The van der Waals surface area contributed by atoms with Gasteiger partial charge in [-0.05, 0) is 113 Å². The van der Waals surface area contributed by atoms with Gasteiger partial charge in [0, 0.05) is 67.7 Å². The van der Waals surface area contributed by atoms with Gasteiger partial charge in [0.05, 0.1) is 13.1 Å². The van der Waals surface area contributed by atoms with Crippen LogP contribution in [0.25, 0.3) is 0 Å². The van der Waals surface area contributed by atoms with Crippen LogP contribution in [-0.2, 0) is 65.3 Å². The van der Waals surface area contributed by atoms with Crippen molar-refractivity contribution >= 4 is 65.0 Å². The van der Waals surface area contributed by atoms with E-state index in [2.05, 4.69) is 16.0 Å². The maximum absolute atomic E-state index is 16.0. The summed E-state index contributed by atoms with van der Waals surface area (Å²) >= 11 is 0. The minimum atomic E-state index is -5.45. The number of nitrogens with one attached hydrogen (secondary N) is 3. The molecule has 1 spiro atoms. The fraction of sp³-hybridized carbons (Fsp3) is 0.754. The molecular formula is C69H102F7N11O11. The third-order valence-electron chi connectivity index (χ3n) is 21.8. The molecule has 3 N–H and O–H groups in total. The molecule has 0 radical (unpaired) electrons. The van der Waals surface area contributed by atoms with Crippen LogP contribution >= 0.6 is 0 Å². The highest BCUT2D eigenvalue weighted by Crippen LogP contribution is 2.40. The lowest BCUT2D eigenvalue weighted by molar-refractivity contribution is -0.160. The first-order valence-corrected chi connectivity index (χ1v) is 34.9. The molecule has 3 saturated carbocycles. The van der Waals surface area contributed by atoms with Gasteiger partial charge in [0.2, 0.25) is 65.0 Å². The van der Waals surface area contributed by atoms with Gasteiger partial charge in [0.1, 0.15) is 71.1 Å². The number of fused-ring (bicyclic) bond motifs is 2. The summed E-state index contributed by atoms with van der Waals surface area (Å²) in [4.78, 5) is 172. The van der Waals surface area contributed by atoms with E-state index in [1.54, 1.807) is 13.8 Å². The Hall–Kier alpha value is -7.10. The minimum Gasteiger partial charge on any atom is -0.343 e. The first-order chi connectivity index (χ1) is 45.8. The Kier molecular flexibility index (Phi) is 25.9. The van der Waals surface area contributed by atoms with Gasteiger partial charge in [-0.15, -0.1) is 0 Å². The number of nitrogens with zero attached hydrogens (tertiary/aromatic N) is 8. The van der Waals surface area contributed by atoms with Crippen molar-refractivity contribution in [1.82, 2.24) is 55.1 Å². The lowest BCUT2D eigenvalue weighted by Gasteiger charge is -2.45. The third kappa shape index (κ3) is 17.9. The van der Waals surface area contributed by atoms with Crippen LogP contribution in [0.1, 0.15) is 181 Å². The average molecular weight is 1390 g/mol. The fourth-order valence-electron chi connectivity index (χ4n) is 15.2. The van der Waals surface area contributed by atoms with Crippen LogP contribution in [0.2, 0.25) is 0 Å². The van der Waals surface area contributed by atoms with Crippen LogP contribution in [-0.4, -0.2) is 232 Å². The molecule has 3 heterocycles. The maximum atomic E-state index is 16.0. The number of rotatable bonds is 10. The summed E-state index contributed by atoms with van der Waals surface area (Å²) in [5.41, 5.74) is -4.44. The zero-order valence-corrected chi connectivity index (χ0v) is 58.8. The Labute approximate surface area is 570 Å². The van der Waals surface area contributed by atoms with E-state index in [-0.39, 0.29) is 56.9 Å². The predicted octanol–water partition coefficient (Wildman–Crippen LogP) is 6.44. The van der Waals surface area contributed by atoms with E-state index in [0.29, 0.717) is 74.8 Å². The topological polar surface area (TPSA) is 250 Å². The van der Waals surface area contributed by atoms with Gasteiger partial charge in [-0.1, -0.05) is 91.9 Å². The molecule has 1 unspecified atom stereocenters. The van der Waals surface area contributed by atoms with Crippen LogP contribution in [0.15, 0.2) is 12.1 Å². The van der Waals surface area contributed by atoms with E-state index in [1.807, 2.05) is 20.8 Å². The number of aryl methyl sites for hydroxylation is 1. The Morgan fingerprint density at radius 1 is 0.633 bits per heavy atom. The van der Waals surface area contributed by atoms with E-state index in [1.165, 1.54) is 78.6 Å². The summed E-state index contributed by atoms with van der Waals surface area (Å²) in [6.07, 6.45) is -0.358. The molecule has 22 nitrogen and oxygen atoms in total. The second-order valence-corrected chi connectivity index (χ2v) is 29.2. The van der Waals surface area contributed by atoms with Crippen LogP contribution in [0.5, 0.6) is 0 Å². The monoisotopic (exact) mass is 1390 g/mol. The van der Waals surface area contributed by atoms with Gasteiger partial charge in [0.15, 0.2) is 0 Å². The van der Waals surface area contributed by atoms with Crippen molar-refractivity contribution in [3.8, 4) is 0 Å². The molecule has 7 rings (SSSR count). The standard InChI is InChI=1S/C69H102F7N11O11/c1-13-40(4)56-64(96)82(9)42(6)60(92)86-30-27-49(86)63(95)84(11)51(35-43-21-15-14-16-22-43)62(94)80(7)37-53(88)77-48(26-25-44-33-46(70)55(47(71)34-44)69(74,75)76)61(93)87-38-68(72,73)36-52(87)59(91)79-67(28-19-20-29-67)66(98)85(12)57(45-23-17-18-24-45)65(97)81(8)41(5)32-54(89)83(10)50(31-39(2)3)58(90)78-56/h33-34,39-43,45,48-52,56-57H,13-32,35-38H2,1-12H3,(H,77,88)(H,78,90)(H,79,91)/t40-,41?,42+,48-,49-,50-,51-,52-,56-,57-/m0/s1. The highest BCUT2D eigenvalue weighted by molar-refractivity contribution is 6.00. The number of benzene rings is 1. The average Bonchev–Trinajstić information content (AvgIpc) is 1.55. The first-order valence-electron chi connectivity index (χ1n) is 34.9. The first kappa shape index (κ1) is 78.2. The fourth-order valence-corrected chi connectivity index (χ4v) is 15.2. The highest BCUT2D eigenvalue weighted by Gasteiger charge is 2.55. The van der Waals surface area contributed by atoms with Crippen molar-refractivity contribution in [3.63, 3.8) is 0 Å². The van der Waals surface area contributed by atoms with Gasteiger partial charge in [0.25, 0.3) is 5.92 Å². The lowest BCUT2D eigenvalue weighted by Crippen LogP contribution is -2.65. The van der Waals surface area contributed by atoms with Crippen molar-refractivity contribution in [1.29, 1.82) is 0 Å². The van der Waals surface area contributed by atoms with E-state index < -0.39 is 204 Å². The molecular weight excluding hydrogens is 1290 g/mol. The second kappa shape index (κ2) is 32.5. The molecule has 6 aliphatic rings. The number of amides is 11. The molecule has 1 aromatic carbocycles. The number of halogens is 7. The summed E-state index contributed by atoms with van der Waals surface area (Å²) in [6.45, 7) is 8.27. The van der Waals surface area contributed by atoms with Gasteiger partial charge in [-0.3, -0.25) is 52.7 Å². The van der Waals surface area contributed by atoms with Crippen LogP contribution in [0.3, 0.4) is 0 Å². The third-order valence-corrected chi connectivity index (χ3v) is 21.8. The van der Waals surface area contributed by atoms with Gasteiger partial charge >= 0.3 is 6.18 Å². The SMILES string of the molecule is CC[C@H](C)[C@@H]1NC(=O)[C@H](CC(C)C)N(C)C(=O)CC(C)N(C)C(=O)[C@H](C2CCCC2)N(C)C(=O)C2(CCCC2)NC(=O)[C@@H]2CC(F)(F)CN2C(=O)[C@H](CCc2cc(F)c(C(F)(F)F)c(F)c2)NC(=O)CN(C)C(=O)[C@H](CC2CCCCC2)N(C)C(=O)[C@@H]2CCN2C(=O)[C@@H](C)N(C)C1=O. The number of carbonyl (C=O) groups excluding carboxylic acids is 11.